The van der Waals surface area contributed by atoms with Gasteiger partial charge in [-0.1, -0.05) is 32.9 Å². The number of carbonyl (C=O) groups is 1. The number of para-hydroxylation sites is 2. The molecule has 2 aliphatic carbocycles. The standard InChI is InChI=1S/C17H18N2O2/c1-15(2)16(3)8-9-17(15,14(20)21)13-12(16)18-10-6-4-5-7-11(10)19-13/h4-7H,8-9H2,1-3H3,(H,20,21). The van der Waals surface area contributed by atoms with Crippen LogP contribution in [0.15, 0.2) is 24.3 Å². The first kappa shape index (κ1) is 12.7. The summed E-state index contributed by atoms with van der Waals surface area (Å²) in [6.45, 7) is 6.26. The van der Waals surface area contributed by atoms with Gasteiger partial charge >= 0.3 is 5.97 Å². The van der Waals surface area contributed by atoms with E-state index in [9.17, 15) is 9.90 Å². The van der Waals surface area contributed by atoms with Gasteiger partial charge in [-0.2, -0.15) is 0 Å². The molecule has 4 heteroatoms. The quantitative estimate of drug-likeness (QED) is 0.873. The van der Waals surface area contributed by atoms with E-state index < -0.39 is 11.4 Å². The van der Waals surface area contributed by atoms with Gasteiger partial charge in [0.2, 0.25) is 0 Å². The second kappa shape index (κ2) is 3.43. The number of aliphatic carboxylic acids is 1. The number of fused-ring (bicyclic) bond motifs is 6. The normalized spacial score (nSPS) is 32.3. The Kier molecular flexibility index (Phi) is 2.08. The maximum Gasteiger partial charge on any atom is 0.316 e. The minimum absolute atomic E-state index is 0.224. The van der Waals surface area contributed by atoms with Crippen molar-refractivity contribution >= 4 is 17.0 Å². The average Bonchev–Trinajstić information content (AvgIpc) is 2.74. The van der Waals surface area contributed by atoms with E-state index in [1.54, 1.807) is 0 Å². The molecule has 1 heterocycles. The summed E-state index contributed by atoms with van der Waals surface area (Å²) >= 11 is 0. The molecule has 0 saturated heterocycles. The SMILES string of the molecule is CC12CCC(C(=O)O)(c3nc4ccccc4nc31)C2(C)C. The molecule has 108 valence electrons. The van der Waals surface area contributed by atoms with E-state index in [0.717, 1.165) is 23.1 Å². The first-order valence-corrected chi connectivity index (χ1v) is 7.36. The Balaban J connectivity index is 2.15. The third-order valence-electron chi connectivity index (χ3n) is 6.31. The predicted octanol–water partition coefficient (Wildman–Crippen LogP) is 3.04. The molecule has 2 aliphatic rings. The predicted molar refractivity (Wildman–Crippen MR) is 79.2 cm³/mol. The topological polar surface area (TPSA) is 63.1 Å². The molecule has 2 aromatic rings. The molecule has 0 spiro atoms. The molecule has 0 radical (unpaired) electrons. The van der Waals surface area contributed by atoms with Gasteiger partial charge in [0.15, 0.2) is 0 Å². The Morgan fingerprint density at radius 3 is 2.19 bits per heavy atom. The van der Waals surface area contributed by atoms with Crippen LogP contribution in [0.2, 0.25) is 0 Å². The van der Waals surface area contributed by atoms with Gasteiger partial charge in [-0.05, 0) is 30.4 Å². The van der Waals surface area contributed by atoms with Crippen molar-refractivity contribution in [3.05, 3.63) is 35.7 Å². The van der Waals surface area contributed by atoms with Crippen LogP contribution in [0, 0.1) is 5.41 Å². The van der Waals surface area contributed by atoms with E-state index in [0.29, 0.717) is 12.1 Å². The summed E-state index contributed by atoms with van der Waals surface area (Å²) in [7, 11) is 0. The second-order valence-corrected chi connectivity index (χ2v) is 7.08. The Hall–Kier alpha value is -1.97. The fourth-order valence-corrected chi connectivity index (χ4v) is 4.52. The molecule has 1 saturated carbocycles. The summed E-state index contributed by atoms with van der Waals surface area (Å²) in [4.78, 5) is 21.7. The van der Waals surface area contributed by atoms with Gasteiger partial charge in [0, 0.05) is 5.41 Å². The maximum absolute atomic E-state index is 12.2. The molecule has 4 nitrogen and oxygen atoms in total. The van der Waals surface area contributed by atoms with Crippen molar-refractivity contribution in [2.24, 2.45) is 5.41 Å². The Labute approximate surface area is 123 Å². The van der Waals surface area contributed by atoms with Crippen molar-refractivity contribution in [1.29, 1.82) is 0 Å². The summed E-state index contributed by atoms with van der Waals surface area (Å²) < 4.78 is 0. The van der Waals surface area contributed by atoms with Crippen molar-refractivity contribution in [2.75, 3.05) is 0 Å². The molecule has 1 fully saturated rings. The van der Waals surface area contributed by atoms with Crippen LogP contribution in [0.3, 0.4) is 0 Å². The average molecular weight is 282 g/mol. The Morgan fingerprint density at radius 1 is 1.05 bits per heavy atom. The molecule has 0 amide bonds. The van der Waals surface area contributed by atoms with Gasteiger partial charge < -0.3 is 5.11 Å². The van der Waals surface area contributed by atoms with E-state index in [2.05, 4.69) is 20.8 Å². The molecule has 1 N–H and O–H groups in total. The highest BCUT2D eigenvalue weighted by atomic mass is 16.4. The summed E-state index contributed by atoms with van der Waals surface area (Å²) in [5.41, 5.74) is 1.69. The molecular formula is C17H18N2O2. The van der Waals surface area contributed by atoms with E-state index in [1.807, 2.05) is 24.3 Å². The molecule has 1 aromatic carbocycles. The summed E-state index contributed by atoms with van der Waals surface area (Å²) in [5.74, 6) is -0.764. The molecule has 1 aromatic heterocycles. The lowest BCUT2D eigenvalue weighted by molar-refractivity contribution is -0.148. The van der Waals surface area contributed by atoms with Gasteiger partial charge in [-0.3, -0.25) is 4.79 Å². The Bertz CT molecular complexity index is 798. The largest absolute Gasteiger partial charge is 0.481 e. The minimum Gasteiger partial charge on any atom is -0.481 e. The van der Waals surface area contributed by atoms with Crippen LogP contribution in [0.4, 0.5) is 0 Å². The maximum atomic E-state index is 12.2. The van der Waals surface area contributed by atoms with Crippen LogP contribution in [0.1, 0.15) is 45.0 Å². The number of hydrogen-bond acceptors (Lipinski definition) is 3. The number of carboxylic acids is 1. The number of benzene rings is 1. The zero-order valence-electron chi connectivity index (χ0n) is 12.5. The highest BCUT2D eigenvalue weighted by Crippen LogP contribution is 2.70. The highest BCUT2D eigenvalue weighted by Gasteiger charge is 2.73. The van der Waals surface area contributed by atoms with Gasteiger partial charge in [0.05, 0.1) is 22.4 Å². The third-order valence-corrected chi connectivity index (χ3v) is 6.31. The Morgan fingerprint density at radius 2 is 1.62 bits per heavy atom. The molecule has 2 atom stereocenters. The summed E-state index contributed by atoms with van der Waals surface area (Å²) in [6, 6.07) is 7.70. The van der Waals surface area contributed by atoms with Crippen molar-refractivity contribution in [3.63, 3.8) is 0 Å². The van der Waals surface area contributed by atoms with Crippen LogP contribution in [-0.4, -0.2) is 21.0 Å². The smallest absolute Gasteiger partial charge is 0.316 e. The summed E-state index contributed by atoms with van der Waals surface area (Å²) in [6.07, 6.45) is 1.50. The van der Waals surface area contributed by atoms with Crippen LogP contribution in [-0.2, 0) is 15.6 Å². The van der Waals surface area contributed by atoms with Crippen molar-refractivity contribution < 1.29 is 9.90 Å². The zero-order valence-corrected chi connectivity index (χ0v) is 12.5. The van der Waals surface area contributed by atoms with Gasteiger partial charge in [-0.15, -0.1) is 0 Å². The second-order valence-electron chi connectivity index (χ2n) is 7.08. The van der Waals surface area contributed by atoms with Crippen molar-refractivity contribution in [2.45, 2.75) is 44.4 Å². The van der Waals surface area contributed by atoms with E-state index in [-0.39, 0.29) is 10.8 Å². The molecule has 4 rings (SSSR count). The molecule has 21 heavy (non-hydrogen) atoms. The van der Waals surface area contributed by atoms with Crippen molar-refractivity contribution in [1.82, 2.24) is 9.97 Å². The van der Waals surface area contributed by atoms with Gasteiger partial charge in [0.1, 0.15) is 5.41 Å². The monoisotopic (exact) mass is 282 g/mol. The van der Waals surface area contributed by atoms with E-state index in [1.165, 1.54) is 0 Å². The summed E-state index contributed by atoms with van der Waals surface area (Å²) in [5, 5.41) is 9.99. The van der Waals surface area contributed by atoms with Crippen LogP contribution >= 0.6 is 0 Å². The third kappa shape index (κ3) is 1.13. The molecule has 2 unspecified atom stereocenters. The number of carboxylic acid groups (broad SMARTS) is 1. The van der Waals surface area contributed by atoms with Crippen LogP contribution in [0.5, 0.6) is 0 Å². The number of rotatable bonds is 1. The first-order chi connectivity index (χ1) is 9.84. The lowest BCUT2D eigenvalue weighted by Gasteiger charge is -2.37. The number of aromatic nitrogens is 2. The van der Waals surface area contributed by atoms with Crippen LogP contribution < -0.4 is 0 Å². The first-order valence-electron chi connectivity index (χ1n) is 7.36. The lowest BCUT2D eigenvalue weighted by Crippen LogP contribution is -2.45. The fourth-order valence-electron chi connectivity index (χ4n) is 4.52. The van der Waals surface area contributed by atoms with Gasteiger partial charge in [0.25, 0.3) is 0 Å². The molecule has 2 bridgehead atoms. The molecular weight excluding hydrogens is 264 g/mol. The van der Waals surface area contributed by atoms with Gasteiger partial charge in [-0.25, -0.2) is 9.97 Å². The van der Waals surface area contributed by atoms with E-state index >= 15 is 0 Å². The van der Waals surface area contributed by atoms with E-state index in [4.69, 9.17) is 9.97 Å². The number of hydrogen-bond donors (Lipinski definition) is 1. The minimum atomic E-state index is -0.909. The van der Waals surface area contributed by atoms with Crippen molar-refractivity contribution in [3.8, 4) is 0 Å². The lowest BCUT2D eigenvalue weighted by atomic mass is 9.64. The fraction of sp³-hybridized carbons (Fsp3) is 0.471. The van der Waals surface area contributed by atoms with Crippen LogP contribution in [0.25, 0.3) is 11.0 Å². The molecule has 0 aliphatic heterocycles. The highest BCUT2D eigenvalue weighted by molar-refractivity contribution is 5.87. The number of nitrogens with zero attached hydrogens (tertiary/aromatic N) is 2. The zero-order chi connectivity index (χ0) is 15.0.